The normalized spacial score (nSPS) is 13.8. The van der Waals surface area contributed by atoms with Crippen LogP contribution < -0.4 is 11.5 Å². The summed E-state index contributed by atoms with van der Waals surface area (Å²) in [5.41, 5.74) is 23.5. The third-order valence-electron chi connectivity index (χ3n) is 9.77. The van der Waals surface area contributed by atoms with Crippen LogP contribution in [-0.4, -0.2) is 9.97 Å². The first-order valence-corrected chi connectivity index (χ1v) is 16.9. The van der Waals surface area contributed by atoms with Crippen LogP contribution in [0.1, 0.15) is 53.9 Å². The molecule has 246 valence electrons. The van der Waals surface area contributed by atoms with Crippen LogP contribution in [0.5, 0.6) is 0 Å². The Morgan fingerprint density at radius 1 is 0.843 bits per heavy atom. The van der Waals surface area contributed by atoms with Crippen molar-refractivity contribution in [2.75, 3.05) is 0 Å². The lowest BCUT2D eigenvalue weighted by molar-refractivity contribution is 0.661. The molecule has 0 bridgehead atoms. The van der Waals surface area contributed by atoms with E-state index in [-0.39, 0.29) is 11.8 Å². The highest BCUT2D eigenvalue weighted by Gasteiger charge is 2.36. The predicted octanol–water partition coefficient (Wildman–Crippen LogP) is 9.50. The Kier molecular flexibility index (Phi) is 8.76. The minimum absolute atomic E-state index is 0.170. The van der Waals surface area contributed by atoms with Gasteiger partial charge in [-0.05, 0) is 116 Å². The van der Waals surface area contributed by atoms with Gasteiger partial charge in [0.2, 0.25) is 0 Å². The zero-order chi connectivity index (χ0) is 35.5. The minimum atomic E-state index is -0.170. The number of pyridine rings is 2. The third-order valence-corrected chi connectivity index (χ3v) is 9.77. The number of fused-ring (bicyclic) bond motifs is 5. The number of nitriles is 2. The van der Waals surface area contributed by atoms with Crippen molar-refractivity contribution in [2.24, 2.45) is 11.5 Å². The van der Waals surface area contributed by atoms with Crippen LogP contribution in [0.15, 0.2) is 134 Å². The summed E-state index contributed by atoms with van der Waals surface area (Å²) in [5, 5.41) is 23.1. The van der Waals surface area contributed by atoms with E-state index in [9.17, 15) is 10.5 Å². The predicted molar refractivity (Wildman–Crippen MR) is 208 cm³/mol. The third kappa shape index (κ3) is 5.94. The Morgan fingerprint density at radius 3 is 2.45 bits per heavy atom. The largest absolute Gasteiger partial charge is 0.405 e. The van der Waals surface area contributed by atoms with Crippen molar-refractivity contribution in [1.29, 1.82) is 10.5 Å². The Balaban J connectivity index is 1.46. The van der Waals surface area contributed by atoms with Gasteiger partial charge in [0.05, 0.1) is 23.9 Å². The number of hydrogen-bond donors (Lipinski definition) is 2. The lowest BCUT2D eigenvalue weighted by atomic mass is 9.80. The average Bonchev–Trinajstić information content (AvgIpc) is 3.39. The van der Waals surface area contributed by atoms with Gasteiger partial charge in [-0.3, -0.25) is 0 Å². The molecule has 1 aliphatic rings. The summed E-state index contributed by atoms with van der Waals surface area (Å²) in [4.78, 5) is 9.26. The number of nitrogens with two attached hydrogens (primary N) is 2. The number of aromatic nitrogens is 2. The fraction of sp³-hybridized carbons (Fsp3) is 0.111. The summed E-state index contributed by atoms with van der Waals surface area (Å²) in [5.74, 6) is 0. The molecule has 0 amide bonds. The van der Waals surface area contributed by atoms with Gasteiger partial charge in [-0.15, -0.1) is 0 Å². The van der Waals surface area contributed by atoms with Gasteiger partial charge in [-0.25, -0.2) is 9.97 Å². The maximum absolute atomic E-state index is 9.29. The highest BCUT2D eigenvalue weighted by atomic mass is 14.7. The molecular formula is C45H36N6. The molecule has 7 rings (SSSR count). The van der Waals surface area contributed by atoms with Gasteiger partial charge >= 0.3 is 0 Å². The molecule has 0 saturated heterocycles. The van der Waals surface area contributed by atoms with Crippen molar-refractivity contribution < 1.29 is 0 Å². The van der Waals surface area contributed by atoms with Gasteiger partial charge in [0.15, 0.2) is 0 Å². The molecule has 0 radical (unpaired) electrons. The zero-order valence-electron chi connectivity index (χ0n) is 28.6. The van der Waals surface area contributed by atoms with Gasteiger partial charge in [0.1, 0.15) is 11.8 Å². The van der Waals surface area contributed by atoms with Gasteiger partial charge in [-0.2, -0.15) is 10.5 Å². The van der Waals surface area contributed by atoms with Gasteiger partial charge in [0.25, 0.3) is 0 Å². The second-order valence-electron chi connectivity index (χ2n) is 13.1. The maximum Gasteiger partial charge on any atom is 0.141 e. The van der Waals surface area contributed by atoms with Crippen LogP contribution in [0.2, 0.25) is 0 Å². The zero-order valence-corrected chi connectivity index (χ0v) is 28.6. The lowest BCUT2D eigenvalue weighted by Crippen LogP contribution is -2.15. The summed E-state index contributed by atoms with van der Waals surface area (Å²) < 4.78 is 0. The Morgan fingerprint density at radius 2 is 1.65 bits per heavy atom. The van der Waals surface area contributed by atoms with Crippen molar-refractivity contribution >= 4 is 32.8 Å². The SMILES string of the molecule is CC1(C)c2ccccc2-c2cc3c(-c4cccc(C(/C=C\N)=C/CC#N)n4)c4ccccc4c(C/C=C\C=C(/N)c4ccnc(C#N)c4)c3cc21. The molecule has 0 aliphatic heterocycles. The fourth-order valence-corrected chi connectivity index (χ4v) is 7.33. The standard InChI is InChI=1S/C45H36N6/c1-45(2)39-16-7-5-14-34(39)37-26-38-36(27-40(37)45)33(13-6-8-17-41(49)30-21-24-50-31(25-30)28-48)32-12-3-4-15-35(32)44(38)43-19-9-18-42(51-43)29(20-23-47)11-10-22-46/h3-9,11-12,14-21,23-27H,10,13,47,49H2,1-2H3/b8-6-,23-20-,29-11+,41-17-. The summed E-state index contributed by atoms with van der Waals surface area (Å²) in [6, 6.07) is 35.8. The Bertz CT molecular complexity index is 2550. The Hall–Kier alpha value is -6.76. The van der Waals surface area contributed by atoms with Crippen molar-refractivity contribution in [3.05, 3.63) is 167 Å². The first-order chi connectivity index (χ1) is 24.8. The molecule has 1 aliphatic carbocycles. The number of hydrogen-bond acceptors (Lipinski definition) is 6. The first-order valence-electron chi connectivity index (χ1n) is 16.9. The molecule has 0 fully saturated rings. The van der Waals surface area contributed by atoms with Crippen LogP contribution >= 0.6 is 0 Å². The molecule has 51 heavy (non-hydrogen) atoms. The average molecular weight is 661 g/mol. The smallest absolute Gasteiger partial charge is 0.141 e. The van der Waals surface area contributed by atoms with Crippen molar-refractivity contribution in [3.8, 4) is 34.5 Å². The second-order valence-corrected chi connectivity index (χ2v) is 13.1. The topological polar surface area (TPSA) is 125 Å². The van der Waals surface area contributed by atoms with E-state index >= 15 is 0 Å². The van der Waals surface area contributed by atoms with Crippen LogP contribution in [0.25, 0.3) is 55.2 Å². The molecule has 0 atom stereocenters. The van der Waals surface area contributed by atoms with Gasteiger partial charge in [-0.1, -0.05) is 86.7 Å². The highest BCUT2D eigenvalue weighted by Crippen LogP contribution is 2.52. The van der Waals surface area contributed by atoms with Crippen molar-refractivity contribution in [3.63, 3.8) is 0 Å². The number of rotatable bonds is 8. The van der Waals surface area contributed by atoms with E-state index in [4.69, 9.17) is 16.5 Å². The maximum atomic E-state index is 9.29. The minimum Gasteiger partial charge on any atom is -0.405 e. The van der Waals surface area contributed by atoms with Gasteiger partial charge in [0, 0.05) is 28.4 Å². The van der Waals surface area contributed by atoms with Crippen molar-refractivity contribution in [2.45, 2.75) is 32.1 Å². The van der Waals surface area contributed by atoms with E-state index < -0.39 is 0 Å². The number of benzene rings is 4. The molecule has 0 saturated carbocycles. The highest BCUT2D eigenvalue weighted by molar-refractivity contribution is 6.16. The van der Waals surface area contributed by atoms with E-state index in [0.29, 0.717) is 17.8 Å². The molecule has 6 heteroatoms. The second kappa shape index (κ2) is 13.6. The van der Waals surface area contributed by atoms with E-state index in [1.54, 1.807) is 24.4 Å². The fourth-order valence-electron chi connectivity index (χ4n) is 7.33. The Labute approximate surface area is 298 Å². The first kappa shape index (κ1) is 32.8. The quantitative estimate of drug-likeness (QED) is 0.124. The molecule has 6 aromatic rings. The molecule has 2 aromatic heterocycles. The number of nitrogens with zero attached hydrogens (tertiary/aromatic N) is 4. The van der Waals surface area contributed by atoms with Gasteiger partial charge < -0.3 is 11.5 Å². The molecule has 4 N–H and O–H groups in total. The summed E-state index contributed by atoms with van der Waals surface area (Å²) in [6.07, 6.45) is 13.6. The van der Waals surface area contributed by atoms with Crippen LogP contribution in [-0.2, 0) is 11.8 Å². The monoisotopic (exact) mass is 660 g/mol. The lowest BCUT2D eigenvalue weighted by Gasteiger charge is -2.23. The molecule has 6 nitrogen and oxygen atoms in total. The van der Waals surface area contributed by atoms with Crippen molar-refractivity contribution in [1.82, 2.24) is 9.97 Å². The van der Waals surface area contributed by atoms with E-state index in [2.05, 4.69) is 104 Å². The summed E-state index contributed by atoms with van der Waals surface area (Å²) in [6.45, 7) is 4.61. The summed E-state index contributed by atoms with van der Waals surface area (Å²) in [7, 11) is 0. The molecule has 4 aromatic carbocycles. The number of allylic oxidation sites excluding steroid dienone is 6. The molecule has 0 spiro atoms. The van der Waals surface area contributed by atoms with E-state index in [1.165, 1.54) is 39.4 Å². The van der Waals surface area contributed by atoms with Crippen LogP contribution in [0.4, 0.5) is 0 Å². The molecular weight excluding hydrogens is 625 g/mol. The summed E-state index contributed by atoms with van der Waals surface area (Å²) >= 11 is 0. The molecule has 0 unspecified atom stereocenters. The van der Waals surface area contributed by atoms with Crippen LogP contribution in [0.3, 0.4) is 0 Å². The van der Waals surface area contributed by atoms with E-state index in [0.717, 1.165) is 44.2 Å². The van der Waals surface area contributed by atoms with E-state index in [1.807, 2.05) is 30.4 Å². The van der Waals surface area contributed by atoms with Crippen LogP contribution in [0, 0.1) is 22.7 Å². The molecule has 2 heterocycles.